The molecule has 2 saturated heterocycles. The Hall–Kier alpha value is -7.27. The van der Waals surface area contributed by atoms with Crippen LogP contribution < -0.4 is 54.0 Å². The van der Waals surface area contributed by atoms with Crippen LogP contribution in [0.2, 0.25) is 0 Å². The summed E-state index contributed by atoms with van der Waals surface area (Å²) in [5.41, 5.74) is 13.9. The van der Waals surface area contributed by atoms with Crippen molar-refractivity contribution >= 4 is 85.7 Å². The second-order valence-electron chi connectivity index (χ2n) is 20.8. The molecule has 4 aromatic rings. The number of aliphatic hydroxyl groups excluding tert-OH is 2. The summed E-state index contributed by atoms with van der Waals surface area (Å²) in [5.74, 6) is -7.90. The number of rotatable bonds is 22. The highest BCUT2D eigenvalue weighted by Crippen LogP contribution is 2.25. The number of phenolic OH excluding ortho intramolecular Hbond substituents is 1. The Morgan fingerprint density at radius 1 is 0.714 bits per heavy atom. The lowest BCUT2D eigenvalue weighted by atomic mass is 10.0. The molecule has 16 N–H and O–H groups in total. The van der Waals surface area contributed by atoms with E-state index in [1.165, 1.54) is 19.1 Å². The highest BCUT2D eigenvalue weighted by molar-refractivity contribution is 8.76. The van der Waals surface area contributed by atoms with E-state index in [0.29, 0.717) is 62.3 Å². The van der Waals surface area contributed by atoms with Crippen LogP contribution in [0.5, 0.6) is 5.75 Å². The summed E-state index contributed by atoms with van der Waals surface area (Å²) >= 11 is 0. The number of piperazine rings is 1. The highest BCUT2D eigenvalue weighted by atomic mass is 33.1. The lowest BCUT2D eigenvalue weighted by molar-refractivity contribution is -0.136. The zero-order valence-corrected chi connectivity index (χ0v) is 48.8. The van der Waals surface area contributed by atoms with Crippen molar-refractivity contribution in [2.75, 3.05) is 63.9 Å². The Bertz CT molecular complexity index is 2860. The monoisotopic (exact) mass is 1200 g/mol. The number of aromatic hydroxyl groups is 1. The second-order valence-corrected chi connectivity index (χ2v) is 23.4. The SMILES string of the molecule is CC[C@H]1NC(=O)[C@H](CCCCN)NC(=O)[C@H](Cc2c[nH]c3ccccc23)NC(=O)[C@@H](Cc2ccc(O)cc2)NC(=O)[C@H](NC(=O)[C@H](Cc2ccccc2)NC(=O)CN2CCN(CCO)CC2)CSSC[C@H](C(=O)N[C@H](C(N)=O)[C@H](C)O)NC1=O. The van der Waals surface area contributed by atoms with Gasteiger partial charge in [-0.1, -0.05) is 89.2 Å². The number of β-amino-alcohol motifs (C(OH)–C–C–N with tert-alkyl or cyclic N) is 1. The normalized spacial score (nSPS) is 22.2. The number of nitrogens with one attached hydrogen (secondary N) is 9. The molecule has 0 saturated carbocycles. The van der Waals surface area contributed by atoms with Crippen LogP contribution in [0.15, 0.2) is 85.1 Å². The van der Waals surface area contributed by atoms with E-state index in [0.717, 1.165) is 32.5 Å². The molecule has 0 radical (unpaired) electrons. The smallest absolute Gasteiger partial charge is 0.244 e. The first-order chi connectivity index (χ1) is 40.3. The predicted molar refractivity (Wildman–Crippen MR) is 318 cm³/mol. The Kier molecular flexibility index (Phi) is 26.1. The van der Waals surface area contributed by atoms with Gasteiger partial charge in [0.15, 0.2) is 0 Å². The van der Waals surface area contributed by atoms with E-state index < -0.39 is 108 Å². The molecule has 3 heterocycles. The number of carbonyl (C=O) groups excluding carboxylic acids is 9. The third-order valence-corrected chi connectivity index (χ3v) is 16.9. The van der Waals surface area contributed by atoms with Crippen LogP contribution in [0.25, 0.3) is 10.9 Å². The number of aromatic nitrogens is 1. The fourth-order valence-electron chi connectivity index (χ4n) is 9.65. The average molecular weight is 1200 g/mol. The molecular weight excluding hydrogens is 1120 g/mol. The van der Waals surface area contributed by atoms with Crippen molar-refractivity contribution in [2.24, 2.45) is 11.5 Å². The number of benzene rings is 3. The molecule has 0 unspecified atom stereocenters. The fourth-order valence-corrected chi connectivity index (χ4v) is 12.0. The van der Waals surface area contributed by atoms with Crippen LogP contribution in [0, 0.1) is 0 Å². The van der Waals surface area contributed by atoms with Crippen LogP contribution in [0.4, 0.5) is 0 Å². The molecule has 84 heavy (non-hydrogen) atoms. The number of unbranched alkanes of at least 4 members (excludes halogenated alkanes) is 1. The van der Waals surface area contributed by atoms with Gasteiger partial charge in [0.1, 0.15) is 54.1 Å². The zero-order chi connectivity index (χ0) is 60.7. The number of hydrogen-bond donors (Lipinski definition) is 14. The van der Waals surface area contributed by atoms with Gasteiger partial charge in [-0.15, -0.1) is 0 Å². The Balaban J connectivity index is 1.39. The van der Waals surface area contributed by atoms with Gasteiger partial charge in [-0.2, -0.15) is 0 Å². The van der Waals surface area contributed by atoms with E-state index in [1.54, 1.807) is 55.6 Å². The zero-order valence-electron chi connectivity index (χ0n) is 47.2. The summed E-state index contributed by atoms with van der Waals surface area (Å²) < 4.78 is 0. The Morgan fingerprint density at radius 2 is 1.32 bits per heavy atom. The lowest BCUT2D eigenvalue weighted by Crippen LogP contribution is -2.61. The molecule has 456 valence electrons. The van der Waals surface area contributed by atoms with Gasteiger partial charge in [-0.05, 0) is 74.0 Å². The number of nitrogens with two attached hydrogens (primary N) is 2. The molecule has 3 aromatic carbocycles. The molecule has 2 aliphatic rings. The van der Waals surface area contributed by atoms with Crippen molar-refractivity contribution in [2.45, 2.75) is 113 Å². The third-order valence-electron chi connectivity index (χ3n) is 14.5. The third kappa shape index (κ3) is 20.2. The number of primary amides is 1. The van der Waals surface area contributed by atoms with Crippen LogP contribution in [0.3, 0.4) is 0 Å². The molecule has 9 amide bonds. The molecule has 6 rings (SSSR count). The van der Waals surface area contributed by atoms with E-state index in [2.05, 4.69) is 52.4 Å². The van der Waals surface area contributed by atoms with Crippen LogP contribution in [-0.4, -0.2) is 202 Å². The molecule has 2 aliphatic heterocycles. The van der Waals surface area contributed by atoms with Gasteiger partial charge in [-0.25, -0.2) is 0 Å². The summed E-state index contributed by atoms with van der Waals surface area (Å²) in [6.45, 7) is 5.90. The Morgan fingerprint density at radius 3 is 1.99 bits per heavy atom. The lowest BCUT2D eigenvalue weighted by Gasteiger charge is -2.34. The largest absolute Gasteiger partial charge is 0.508 e. The summed E-state index contributed by atoms with van der Waals surface area (Å²) in [6.07, 6.45) is 0.824. The first kappa shape index (κ1) is 65.9. The van der Waals surface area contributed by atoms with Crippen molar-refractivity contribution < 1.29 is 58.5 Å². The standard InChI is InChI=1S/C57H79N13O12S2/c1-3-40-51(76)66-47(57(82)68-49(34(2)72)50(59)75)33-84-83-32-46(67-53(78)43(27-35-11-5-4-6-12-35)61-48(74)31-70-23-21-69(22-24-70)25-26-71)56(81)64-44(28-36-16-18-38(73)19-17-36)54(79)65-45(29-37-30-60-41-14-8-7-13-39(37)41)55(80)63-42(52(77)62-40)15-9-10-20-58/h4-8,11-14,16-19,30,34,40,42-47,49,60,71-73H,3,9-10,15,20-29,31-33,58H2,1-2H3,(H2,59,75)(H,61,74)(H,62,77)(H,63,80)(H,64,81)(H,65,79)(H,66,76)(H,67,78)(H,68,82)/t34-,40+,42-,43-,44+,45-,46+,47+,49-/m0/s1. The number of aromatic amines is 1. The molecule has 27 heteroatoms. The minimum absolute atomic E-state index is 0.00114. The van der Waals surface area contributed by atoms with Crippen molar-refractivity contribution in [3.8, 4) is 5.75 Å². The molecule has 25 nitrogen and oxygen atoms in total. The summed E-state index contributed by atoms with van der Waals surface area (Å²) in [7, 11) is 1.97. The maximum absolute atomic E-state index is 15.0. The van der Waals surface area contributed by atoms with E-state index in [1.807, 2.05) is 29.2 Å². The van der Waals surface area contributed by atoms with E-state index >= 15 is 9.59 Å². The number of hydrogen-bond acceptors (Lipinski definition) is 17. The highest BCUT2D eigenvalue weighted by Gasteiger charge is 2.36. The molecule has 1 aromatic heterocycles. The van der Waals surface area contributed by atoms with E-state index in [-0.39, 0.29) is 69.1 Å². The van der Waals surface area contributed by atoms with Crippen molar-refractivity contribution in [3.05, 3.63) is 102 Å². The molecule has 0 bridgehead atoms. The number of aliphatic hydroxyl groups is 2. The number of carbonyl (C=O) groups is 9. The quantitative estimate of drug-likeness (QED) is 0.0305. The topological polar surface area (TPSA) is 385 Å². The molecule has 9 atom stereocenters. The summed E-state index contributed by atoms with van der Waals surface area (Å²) in [6, 6.07) is 10.9. The van der Waals surface area contributed by atoms with Gasteiger partial charge < -0.3 is 74.3 Å². The van der Waals surface area contributed by atoms with Gasteiger partial charge in [0.2, 0.25) is 53.2 Å². The van der Waals surface area contributed by atoms with Crippen LogP contribution in [-0.2, 0) is 62.4 Å². The second kappa shape index (κ2) is 33.3. The van der Waals surface area contributed by atoms with Gasteiger partial charge >= 0.3 is 0 Å². The van der Waals surface area contributed by atoms with E-state index in [4.69, 9.17) is 11.5 Å². The first-order valence-electron chi connectivity index (χ1n) is 28.1. The number of para-hydroxylation sites is 1. The van der Waals surface area contributed by atoms with Crippen molar-refractivity contribution in [1.29, 1.82) is 0 Å². The maximum atomic E-state index is 15.0. The van der Waals surface area contributed by atoms with Gasteiger partial charge in [0, 0.05) is 80.6 Å². The first-order valence-corrected chi connectivity index (χ1v) is 30.6. The molecule has 0 aliphatic carbocycles. The fraction of sp³-hybridized carbons (Fsp3) is 0.491. The van der Waals surface area contributed by atoms with Gasteiger partial charge in [0.25, 0.3) is 0 Å². The van der Waals surface area contributed by atoms with Crippen LogP contribution in [0.1, 0.15) is 56.2 Å². The summed E-state index contributed by atoms with van der Waals surface area (Å²) in [5, 5.41) is 52.6. The van der Waals surface area contributed by atoms with Gasteiger partial charge in [-0.3, -0.25) is 53.0 Å². The van der Waals surface area contributed by atoms with Gasteiger partial charge in [0.05, 0.1) is 19.3 Å². The van der Waals surface area contributed by atoms with Crippen molar-refractivity contribution in [1.82, 2.24) is 57.3 Å². The minimum Gasteiger partial charge on any atom is -0.508 e. The average Bonchev–Trinajstić information content (AvgIpc) is 4.06. The molecule has 0 spiro atoms. The predicted octanol–water partition coefficient (Wildman–Crippen LogP) is -1.81. The molecule has 2 fully saturated rings. The maximum Gasteiger partial charge on any atom is 0.244 e. The minimum atomic E-state index is -1.58. The summed E-state index contributed by atoms with van der Waals surface area (Å²) in [4.78, 5) is 136. The number of amides is 9. The Labute approximate surface area is 495 Å². The number of H-pyrrole nitrogens is 1. The number of fused-ring (bicyclic) bond motifs is 1. The van der Waals surface area contributed by atoms with Crippen molar-refractivity contribution in [3.63, 3.8) is 0 Å². The number of phenols is 1. The van der Waals surface area contributed by atoms with E-state index in [9.17, 15) is 48.9 Å². The molecular formula is C57H79N13O12S2. The van der Waals surface area contributed by atoms with Crippen LogP contribution >= 0.6 is 21.6 Å². The number of nitrogens with zero attached hydrogens (tertiary/aromatic N) is 2.